The van der Waals surface area contributed by atoms with Crippen molar-refractivity contribution in [3.05, 3.63) is 95.6 Å². The molecule has 0 aliphatic carbocycles. The fourth-order valence-electron chi connectivity index (χ4n) is 2.75. The molecular formula is C23H15N5O4. The van der Waals surface area contributed by atoms with Crippen molar-refractivity contribution in [2.45, 2.75) is 0 Å². The van der Waals surface area contributed by atoms with Crippen LogP contribution in [0.5, 0.6) is 0 Å². The summed E-state index contributed by atoms with van der Waals surface area (Å²) in [6.45, 7) is 0. The number of benzene rings is 1. The van der Waals surface area contributed by atoms with E-state index in [0.717, 1.165) is 11.1 Å². The van der Waals surface area contributed by atoms with Gasteiger partial charge in [0.25, 0.3) is 11.8 Å². The number of anilines is 1. The molecule has 2 amide bonds. The molecule has 0 unspecified atom stereocenters. The summed E-state index contributed by atoms with van der Waals surface area (Å²) >= 11 is 0. The van der Waals surface area contributed by atoms with Crippen molar-refractivity contribution in [2.75, 3.05) is 5.32 Å². The van der Waals surface area contributed by atoms with Crippen LogP contribution in [0.4, 0.5) is 5.82 Å². The molecule has 0 radical (unpaired) electrons. The molecule has 156 valence electrons. The van der Waals surface area contributed by atoms with Gasteiger partial charge in [0.1, 0.15) is 5.82 Å². The summed E-state index contributed by atoms with van der Waals surface area (Å²) in [7, 11) is 0. The number of nitrogens with zero attached hydrogens (tertiary/aromatic N) is 3. The Morgan fingerprint density at radius 3 is 2.44 bits per heavy atom. The van der Waals surface area contributed by atoms with E-state index < -0.39 is 11.8 Å². The van der Waals surface area contributed by atoms with Crippen LogP contribution in [0.3, 0.4) is 0 Å². The third-order valence-electron chi connectivity index (χ3n) is 4.29. The van der Waals surface area contributed by atoms with Gasteiger partial charge in [-0.2, -0.15) is 0 Å². The molecule has 4 aromatic rings. The molecule has 0 bridgehead atoms. The Hall–Kier alpha value is -4.81. The molecule has 3 heterocycles. The lowest BCUT2D eigenvalue weighted by Gasteiger charge is -2.09. The predicted molar refractivity (Wildman–Crippen MR) is 114 cm³/mol. The summed E-state index contributed by atoms with van der Waals surface area (Å²) in [5.74, 6) is 4.84. The molecule has 1 aromatic carbocycles. The number of nitrogens with one attached hydrogen (secondary N) is 2. The van der Waals surface area contributed by atoms with Crippen LogP contribution in [-0.4, -0.2) is 32.1 Å². The average molecular weight is 425 g/mol. The first-order chi connectivity index (χ1) is 15.6. The maximum atomic E-state index is 12.3. The standard InChI is InChI=1S/C23H15N5O4/c29-22(28-31)18-12-19(26-21(13-18)27-23(30)20-9-11-25-32-20)17-7-5-15(6-8-17)3-4-16-2-1-10-24-14-16/h1-2,5-14,31H,(H,28,29)(H,26,27,30). The first kappa shape index (κ1) is 20.5. The third kappa shape index (κ3) is 4.84. The van der Waals surface area contributed by atoms with Gasteiger partial charge in [-0.3, -0.25) is 19.8 Å². The number of pyridine rings is 2. The molecule has 0 saturated heterocycles. The van der Waals surface area contributed by atoms with Crippen molar-refractivity contribution in [3.8, 4) is 23.1 Å². The van der Waals surface area contributed by atoms with Gasteiger partial charge in [-0.25, -0.2) is 10.5 Å². The minimum Gasteiger partial charge on any atom is -0.351 e. The second-order valence-corrected chi connectivity index (χ2v) is 6.47. The lowest BCUT2D eigenvalue weighted by Crippen LogP contribution is -2.20. The van der Waals surface area contributed by atoms with E-state index in [1.807, 2.05) is 24.3 Å². The topological polar surface area (TPSA) is 130 Å². The van der Waals surface area contributed by atoms with Crippen LogP contribution in [0.1, 0.15) is 32.0 Å². The lowest BCUT2D eigenvalue weighted by molar-refractivity contribution is 0.0706. The average Bonchev–Trinajstić information content (AvgIpc) is 3.38. The first-order valence-corrected chi connectivity index (χ1v) is 9.33. The highest BCUT2D eigenvalue weighted by molar-refractivity contribution is 6.03. The lowest BCUT2D eigenvalue weighted by atomic mass is 10.1. The van der Waals surface area contributed by atoms with Crippen LogP contribution < -0.4 is 10.8 Å². The van der Waals surface area contributed by atoms with Gasteiger partial charge < -0.3 is 9.84 Å². The second-order valence-electron chi connectivity index (χ2n) is 6.47. The molecule has 0 atom stereocenters. The maximum absolute atomic E-state index is 12.3. The van der Waals surface area contributed by atoms with E-state index >= 15 is 0 Å². The molecule has 0 aliphatic rings. The minimum atomic E-state index is -0.747. The molecule has 9 heteroatoms. The van der Waals surface area contributed by atoms with Crippen LogP contribution in [0, 0.1) is 11.8 Å². The second kappa shape index (κ2) is 9.34. The summed E-state index contributed by atoms with van der Waals surface area (Å²) in [6.07, 6.45) is 4.69. The van der Waals surface area contributed by atoms with Gasteiger partial charge in [0.2, 0.25) is 5.76 Å². The van der Waals surface area contributed by atoms with Crippen LogP contribution >= 0.6 is 0 Å². The van der Waals surface area contributed by atoms with Crippen molar-refractivity contribution >= 4 is 17.6 Å². The van der Waals surface area contributed by atoms with Crippen LogP contribution in [0.25, 0.3) is 11.3 Å². The van der Waals surface area contributed by atoms with E-state index in [-0.39, 0.29) is 17.1 Å². The minimum absolute atomic E-state index is 0.0121. The third-order valence-corrected chi connectivity index (χ3v) is 4.29. The zero-order valence-electron chi connectivity index (χ0n) is 16.4. The highest BCUT2D eigenvalue weighted by Crippen LogP contribution is 2.22. The Balaban J connectivity index is 1.62. The van der Waals surface area contributed by atoms with Crippen molar-refractivity contribution < 1.29 is 19.3 Å². The molecule has 32 heavy (non-hydrogen) atoms. The normalized spacial score (nSPS) is 10.0. The zero-order chi connectivity index (χ0) is 22.3. The van der Waals surface area contributed by atoms with E-state index in [9.17, 15) is 9.59 Å². The Morgan fingerprint density at radius 2 is 1.75 bits per heavy atom. The smallest absolute Gasteiger partial charge is 0.295 e. The van der Waals surface area contributed by atoms with Crippen molar-refractivity contribution in [3.63, 3.8) is 0 Å². The SMILES string of the molecule is O=C(NO)c1cc(NC(=O)c2ccno2)nc(-c2ccc(C#Cc3cccnc3)cc2)c1. The Kier molecular flexibility index (Phi) is 5.97. The predicted octanol–water partition coefficient (Wildman–Crippen LogP) is 2.90. The number of rotatable bonds is 4. The molecule has 0 spiro atoms. The molecule has 9 nitrogen and oxygen atoms in total. The number of hydrogen-bond acceptors (Lipinski definition) is 7. The molecule has 0 saturated carbocycles. The summed E-state index contributed by atoms with van der Waals surface area (Å²) < 4.78 is 4.82. The van der Waals surface area contributed by atoms with Gasteiger partial charge in [0.05, 0.1) is 11.9 Å². The molecule has 3 N–H and O–H groups in total. The Labute approximate surface area is 182 Å². The van der Waals surface area contributed by atoms with E-state index in [0.29, 0.717) is 11.3 Å². The van der Waals surface area contributed by atoms with E-state index in [4.69, 9.17) is 9.73 Å². The van der Waals surface area contributed by atoms with E-state index in [2.05, 4.69) is 32.3 Å². The number of aromatic nitrogens is 3. The van der Waals surface area contributed by atoms with E-state index in [1.165, 1.54) is 24.4 Å². The van der Waals surface area contributed by atoms with Gasteiger partial charge in [-0.15, -0.1) is 0 Å². The summed E-state index contributed by atoms with van der Waals surface area (Å²) in [4.78, 5) is 32.7. The van der Waals surface area contributed by atoms with Gasteiger partial charge in [-0.1, -0.05) is 29.1 Å². The molecule has 0 aliphatic heterocycles. The fourth-order valence-corrected chi connectivity index (χ4v) is 2.75. The summed E-state index contributed by atoms with van der Waals surface area (Å²) in [6, 6.07) is 15.1. The van der Waals surface area contributed by atoms with E-state index in [1.54, 1.807) is 30.0 Å². The Bertz CT molecular complexity index is 1310. The largest absolute Gasteiger partial charge is 0.351 e. The van der Waals surface area contributed by atoms with Gasteiger partial charge in [-0.05, 0) is 36.4 Å². The number of hydrogen-bond donors (Lipinski definition) is 3. The van der Waals surface area contributed by atoms with Crippen LogP contribution in [0.15, 0.2) is 77.7 Å². The number of carbonyl (C=O) groups excluding carboxylic acids is 2. The molecule has 4 rings (SSSR count). The first-order valence-electron chi connectivity index (χ1n) is 9.33. The summed E-state index contributed by atoms with van der Waals surface area (Å²) in [5, 5.41) is 15.0. The Morgan fingerprint density at radius 1 is 0.938 bits per heavy atom. The summed E-state index contributed by atoms with van der Waals surface area (Å²) in [5.41, 5.74) is 4.35. The van der Waals surface area contributed by atoms with Gasteiger partial charge in [0.15, 0.2) is 0 Å². The van der Waals surface area contributed by atoms with Crippen molar-refractivity contribution in [2.24, 2.45) is 0 Å². The number of carbonyl (C=O) groups is 2. The molecule has 3 aromatic heterocycles. The van der Waals surface area contributed by atoms with Crippen molar-refractivity contribution in [1.29, 1.82) is 0 Å². The maximum Gasteiger partial charge on any atom is 0.295 e. The number of hydroxylamine groups is 1. The van der Waals surface area contributed by atoms with Crippen molar-refractivity contribution in [1.82, 2.24) is 20.6 Å². The highest BCUT2D eigenvalue weighted by Gasteiger charge is 2.15. The van der Waals surface area contributed by atoms with Gasteiger partial charge in [0, 0.05) is 40.7 Å². The highest BCUT2D eigenvalue weighted by atomic mass is 16.5. The monoisotopic (exact) mass is 425 g/mol. The molecule has 0 fully saturated rings. The zero-order valence-corrected chi connectivity index (χ0v) is 16.4. The van der Waals surface area contributed by atoms with Crippen LogP contribution in [-0.2, 0) is 0 Å². The number of amides is 2. The quantitative estimate of drug-likeness (QED) is 0.260. The van der Waals surface area contributed by atoms with Crippen LogP contribution in [0.2, 0.25) is 0 Å². The fraction of sp³-hybridized carbons (Fsp3) is 0. The molecular weight excluding hydrogens is 410 g/mol. The van der Waals surface area contributed by atoms with Gasteiger partial charge >= 0.3 is 0 Å².